The Hall–Kier alpha value is -5.49. The van der Waals surface area contributed by atoms with Gasteiger partial charge >= 0.3 is 6.18 Å². The third-order valence-corrected chi connectivity index (χ3v) is 9.37. The predicted octanol–water partition coefficient (Wildman–Crippen LogP) is 3.79. The summed E-state index contributed by atoms with van der Waals surface area (Å²) in [6.45, 7) is 2.54. The summed E-state index contributed by atoms with van der Waals surface area (Å²) in [7, 11) is 1.37. The highest BCUT2D eigenvalue weighted by atomic mass is 35.5. The lowest BCUT2D eigenvalue weighted by Crippen LogP contribution is -2.52. The molecule has 0 atom stereocenters. The summed E-state index contributed by atoms with van der Waals surface area (Å²) in [4.78, 5) is 61.2. The average molecular weight is 775 g/mol. The smallest absolute Gasteiger partial charge is 0.416 e. The van der Waals surface area contributed by atoms with Crippen molar-refractivity contribution in [3.8, 4) is 5.75 Å². The van der Waals surface area contributed by atoms with E-state index in [1.807, 2.05) is 0 Å². The number of hydrogen-bond donors (Lipinski definition) is 2. The van der Waals surface area contributed by atoms with Gasteiger partial charge in [-0.1, -0.05) is 24.6 Å². The molecule has 0 spiro atoms. The van der Waals surface area contributed by atoms with E-state index in [9.17, 15) is 36.7 Å². The number of ether oxygens (including phenoxy) is 2. The Balaban J connectivity index is 1.24. The van der Waals surface area contributed by atoms with Crippen LogP contribution in [0.15, 0.2) is 47.3 Å². The van der Waals surface area contributed by atoms with Gasteiger partial charge in [0.2, 0.25) is 17.6 Å². The molecule has 3 amide bonds. The number of amides is 3. The van der Waals surface area contributed by atoms with Gasteiger partial charge in [-0.25, -0.2) is 4.39 Å². The minimum atomic E-state index is -4.63. The highest BCUT2D eigenvalue weighted by molar-refractivity contribution is 6.33. The molecule has 19 heteroatoms. The number of alkyl halides is 3. The van der Waals surface area contributed by atoms with Crippen LogP contribution in [0.5, 0.6) is 5.75 Å². The van der Waals surface area contributed by atoms with E-state index in [0.717, 1.165) is 34.4 Å². The molecule has 4 heterocycles. The number of rotatable bonds is 10. The van der Waals surface area contributed by atoms with Crippen LogP contribution < -0.4 is 25.8 Å². The topological polar surface area (TPSA) is 152 Å². The quantitative estimate of drug-likeness (QED) is 0.229. The first-order valence-corrected chi connectivity index (χ1v) is 17.3. The minimum absolute atomic E-state index is 0.0365. The summed E-state index contributed by atoms with van der Waals surface area (Å²) in [5.74, 6) is -2.03. The van der Waals surface area contributed by atoms with E-state index in [-0.39, 0.29) is 78.5 Å². The van der Waals surface area contributed by atoms with E-state index < -0.39 is 47.4 Å². The third kappa shape index (κ3) is 8.03. The van der Waals surface area contributed by atoms with Gasteiger partial charge < -0.3 is 34.5 Å². The number of aromatic nitrogens is 4. The van der Waals surface area contributed by atoms with Gasteiger partial charge in [0, 0.05) is 32.2 Å². The van der Waals surface area contributed by atoms with Crippen molar-refractivity contribution in [3.05, 3.63) is 86.3 Å². The first-order valence-electron chi connectivity index (χ1n) is 16.9. The van der Waals surface area contributed by atoms with Gasteiger partial charge in [-0.05, 0) is 48.7 Å². The normalized spacial score (nSPS) is 14.9. The second-order valence-electron chi connectivity index (χ2n) is 12.4. The van der Waals surface area contributed by atoms with Crippen molar-refractivity contribution >= 4 is 52.0 Å². The monoisotopic (exact) mass is 774 g/mol. The first kappa shape index (κ1) is 38.2. The van der Waals surface area contributed by atoms with Gasteiger partial charge in [-0.15, -0.1) is 5.10 Å². The lowest BCUT2D eigenvalue weighted by molar-refractivity contribution is -0.137. The van der Waals surface area contributed by atoms with Gasteiger partial charge in [0.05, 0.1) is 54.4 Å². The van der Waals surface area contributed by atoms with Crippen LogP contribution in [-0.2, 0) is 33.5 Å². The van der Waals surface area contributed by atoms with Crippen LogP contribution in [0, 0.1) is 5.82 Å². The SMILES string of the molecule is CCc1c(N2CCN(C(=O)CNC(=O)c3ccc(OC)cc3F)CC2)c(=O)n2nc(C3=CCOCC3)nc2n1CC(=O)Nc1ccc(C(F)(F)F)cc1Cl. The maximum Gasteiger partial charge on any atom is 0.416 e. The number of methoxy groups -OCH3 is 1. The molecule has 4 aromatic rings. The van der Waals surface area contributed by atoms with Crippen molar-refractivity contribution in [2.75, 3.05) is 63.3 Å². The number of nitrogens with one attached hydrogen (secondary N) is 2. The molecule has 0 saturated carbocycles. The number of fused-ring (bicyclic) bond motifs is 1. The van der Waals surface area contributed by atoms with Crippen LogP contribution >= 0.6 is 11.6 Å². The molecule has 0 aliphatic carbocycles. The number of benzene rings is 2. The molecule has 2 N–H and O–H groups in total. The minimum Gasteiger partial charge on any atom is -0.497 e. The largest absolute Gasteiger partial charge is 0.497 e. The van der Waals surface area contributed by atoms with Gasteiger partial charge in [-0.3, -0.25) is 19.2 Å². The summed E-state index contributed by atoms with van der Waals surface area (Å²) in [6.07, 6.45) is -2.06. The molecule has 2 aromatic carbocycles. The van der Waals surface area contributed by atoms with Crippen molar-refractivity contribution in [2.45, 2.75) is 32.5 Å². The lowest BCUT2D eigenvalue weighted by Gasteiger charge is -2.36. The maximum absolute atomic E-state index is 14.4. The van der Waals surface area contributed by atoms with E-state index in [4.69, 9.17) is 21.1 Å². The van der Waals surface area contributed by atoms with Crippen molar-refractivity contribution in [2.24, 2.45) is 0 Å². The fourth-order valence-electron chi connectivity index (χ4n) is 6.27. The molecule has 6 rings (SSSR count). The molecule has 0 radical (unpaired) electrons. The van der Waals surface area contributed by atoms with Crippen LogP contribution in [0.25, 0.3) is 11.4 Å². The number of halogens is 5. The number of nitrogens with zero attached hydrogens (tertiary/aromatic N) is 6. The zero-order chi connectivity index (χ0) is 38.7. The number of hydrogen-bond acceptors (Lipinski definition) is 9. The summed E-state index contributed by atoms with van der Waals surface area (Å²) >= 11 is 6.11. The number of carbonyl (C=O) groups is 3. The van der Waals surface area contributed by atoms with Crippen molar-refractivity contribution in [1.29, 1.82) is 0 Å². The highest BCUT2D eigenvalue weighted by Crippen LogP contribution is 2.34. The van der Waals surface area contributed by atoms with E-state index in [0.29, 0.717) is 25.3 Å². The molecule has 0 bridgehead atoms. The van der Waals surface area contributed by atoms with E-state index in [2.05, 4.69) is 20.7 Å². The average Bonchev–Trinajstić information content (AvgIpc) is 3.62. The zero-order valence-electron chi connectivity index (χ0n) is 29.1. The molecule has 14 nitrogen and oxygen atoms in total. The van der Waals surface area contributed by atoms with E-state index in [1.54, 1.807) is 17.9 Å². The predicted molar refractivity (Wildman–Crippen MR) is 189 cm³/mol. The Morgan fingerprint density at radius 2 is 1.83 bits per heavy atom. The second kappa shape index (κ2) is 15.9. The van der Waals surface area contributed by atoms with Gasteiger partial charge in [-0.2, -0.15) is 22.7 Å². The molecule has 2 aliphatic heterocycles. The Bertz CT molecular complexity index is 2200. The molecule has 2 aliphatic rings. The molecule has 1 fully saturated rings. The first-order chi connectivity index (χ1) is 25.8. The highest BCUT2D eigenvalue weighted by Gasteiger charge is 2.32. The van der Waals surface area contributed by atoms with Crippen molar-refractivity contribution < 1.29 is 41.4 Å². The lowest BCUT2D eigenvalue weighted by atomic mass is 10.1. The second-order valence-corrected chi connectivity index (χ2v) is 12.8. The summed E-state index contributed by atoms with van der Waals surface area (Å²) < 4.78 is 67.0. The number of piperazine rings is 1. The molecule has 2 aromatic heterocycles. The summed E-state index contributed by atoms with van der Waals surface area (Å²) in [5.41, 5.74) is -0.319. The molecule has 286 valence electrons. The van der Waals surface area contributed by atoms with E-state index >= 15 is 0 Å². The Kier molecular flexibility index (Phi) is 11.2. The van der Waals surface area contributed by atoms with E-state index in [1.165, 1.54) is 28.7 Å². The molecule has 0 unspecified atom stereocenters. The Morgan fingerprint density at radius 1 is 1.07 bits per heavy atom. The number of carbonyl (C=O) groups excluding carboxylic acids is 3. The van der Waals surface area contributed by atoms with Crippen LogP contribution in [0.3, 0.4) is 0 Å². The Morgan fingerprint density at radius 3 is 2.46 bits per heavy atom. The van der Waals surface area contributed by atoms with Crippen LogP contribution in [0.4, 0.5) is 28.9 Å². The molecular formula is C35H35ClF4N8O6. The van der Waals surface area contributed by atoms with Crippen LogP contribution in [0.2, 0.25) is 5.02 Å². The fraction of sp³-hybridized carbons (Fsp3) is 0.371. The third-order valence-electron chi connectivity index (χ3n) is 9.05. The molecular weight excluding hydrogens is 740 g/mol. The number of anilines is 2. The van der Waals surface area contributed by atoms with Gasteiger partial charge in [0.15, 0.2) is 5.82 Å². The van der Waals surface area contributed by atoms with Crippen LogP contribution in [0.1, 0.15) is 40.8 Å². The maximum atomic E-state index is 14.4. The summed E-state index contributed by atoms with van der Waals surface area (Å²) in [5, 5.41) is 9.21. The fourth-order valence-corrected chi connectivity index (χ4v) is 6.50. The zero-order valence-corrected chi connectivity index (χ0v) is 29.9. The van der Waals surface area contributed by atoms with Crippen LogP contribution in [-0.4, -0.2) is 94.8 Å². The molecule has 54 heavy (non-hydrogen) atoms. The Labute approximate surface area is 310 Å². The van der Waals surface area contributed by atoms with Crippen molar-refractivity contribution in [1.82, 2.24) is 29.4 Å². The standard InChI is InChI=1S/C35H35ClF4N8O6/c1-3-27-30(46-12-10-45(11-13-46)29(50)18-41-32(51)23-6-5-22(53-2)17-25(23)37)33(52)48-34(43-31(44-48)20-8-14-54-15-9-20)47(27)19-28(49)42-26-7-4-21(16-24(26)36)35(38,39)40/h4-8,16-17H,3,9-15,18-19H2,1-2H3,(H,41,51)(H,42,49). The van der Waals surface area contributed by atoms with Gasteiger partial charge in [0.25, 0.3) is 11.5 Å². The molecule has 1 saturated heterocycles. The van der Waals surface area contributed by atoms with Gasteiger partial charge in [0.1, 0.15) is 23.8 Å². The summed E-state index contributed by atoms with van der Waals surface area (Å²) in [6, 6.07) is 6.34. The van der Waals surface area contributed by atoms with Crippen molar-refractivity contribution in [3.63, 3.8) is 0 Å².